The van der Waals surface area contributed by atoms with E-state index in [9.17, 15) is 4.79 Å². The lowest BCUT2D eigenvalue weighted by molar-refractivity contribution is -0.145. The second kappa shape index (κ2) is 30.1. The second-order valence-electron chi connectivity index (χ2n) is 7.01. The zero-order chi connectivity index (χ0) is 24.8. The number of unbranched alkanes of at least 4 members (excludes halogenated alkanes) is 1. The summed E-state index contributed by atoms with van der Waals surface area (Å²) in [5, 5.41) is 0. The van der Waals surface area contributed by atoms with Crippen LogP contribution in [0.4, 0.5) is 0 Å². The number of nitrogens with two attached hydrogens (primary N) is 1. The molecule has 0 unspecified atom stereocenters. The Morgan fingerprint density at radius 2 is 0.824 bits per heavy atom. The first-order valence-corrected chi connectivity index (χ1v) is 12.3. The number of hydrogen-bond acceptors (Lipinski definition) is 11. The van der Waals surface area contributed by atoms with Gasteiger partial charge in [0.15, 0.2) is 0 Å². The molecule has 0 saturated heterocycles. The average Bonchev–Trinajstić information content (AvgIpc) is 2.84. The van der Waals surface area contributed by atoms with Crippen LogP contribution >= 0.6 is 0 Å². The van der Waals surface area contributed by atoms with Crippen LogP contribution in [0.2, 0.25) is 0 Å². The molecule has 0 radical (unpaired) electrons. The highest BCUT2D eigenvalue weighted by Crippen LogP contribution is 1.93. The van der Waals surface area contributed by atoms with Gasteiger partial charge >= 0.3 is 5.97 Å². The van der Waals surface area contributed by atoms with E-state index in [1.54, 1.807) is 0 Å². The summed E-state index contributed by atoms with van der Waals surface area (Å²) in [5.74, 6) is -0.219. The quantitative estimate of drug-likeness (QED) is 0.117. The fourth-order valence-electron chi connectivity index (χ4n) is 2.28. The maximum atomic E-state index is 11.4. The van der Waals surface area contributed by atoms with E-state index in [0.29, 0.717) is 119 Å². The van der Waals surface area contributed by atoms with E-state index in [1.807, 2.05) is 0 Å². The van der Waals surface area contributed by atoms with Crippen molar-refractivity contribution in [3.8, 4) is 0 Å². The molecule has 0 amide bonds. The minimum Gasteiger partial charge on any atom is -0.466 e. The molecule has 34 heavy (non-hydrogen) atoms. The zero-order valence-electron chi connectivity index (χ0n) is 21.0. The third-order valence-electron chi connectivity index (χ3n) is 4.08. The van der Waals surface area contributed by atoms with Gasteiger partial charge in [-0.25, -0.2) is 0 Å². The maximum absolute atomic E-state index is 11.4. The number of esters is 1. The first-order valence-electron chi connectivity index (χ1n) is 12.3. The van der Waals surface area contributed by atoms with E-state index in [-0.39, 0.29) is 12.4 Å². The highest BCUT2D eigenvalue weighted by Gasteiger charge is 2.02. The fraction of sp³-hybridized carbons (Fsp3) is 0.957. The predicted octanol–water partition coefficient (Wildman–Crippen LogP) is 0.811. The predicted molar refractivity (Wildman–Crippen MR) is 126 cm³/mol. The van der Waals surface area contributed by atoms with Gasteiger partial charge in [0, 0.05) is 6.54 Å². The third kappa shape index (κ3) is 29.1. The van der Waals surface area contributed by atoms with Crippen molar-refractivity contribution in [2.75, 3.05) is 119 Å². The molecule has 0 spiro atoms. The number of carbonyl (C=O) groups is 1. The van der Waals surface area contributed by atoms with Crippen molar-refractivity contribution >= 4 is 5.97 Å². The summed E-state index contributed by atoms with van der Waals surface area (Å²) in [6.07, 6.45) is 2.17. The molecular formula is C23H47NO10. The van der Waals surface area contributed by atoms with Crippen LogP contribution in [0, 0.1) is 0 Å². The van der Waals surface area contributed by atoms with Crippen LogP contribution in [-0.4, -0.2) is 125 Å². The lowest BCUT2D eigenvalue weighted by Gasteiger charge is -2.08. The Hall–Kier alpha value is -0.890. The molecule has 2 N–H and O–H groups in total. The van der Waals surface area contributed by atoms with Crippen molar-refractivity contribution in [1.29, 1.82) is 0 Å². The monoisotopic (exact) mass is 497 g/mol. The van der Waals surface area contributed by atoms with Crippen LogP contribution in [0.25, 0.3) is 0 Å². The molecule has 11 heteroatoms. The molecule has 0 fully saturated rings. The van der Waals surface area contributed by atoms with Crippen LogP contribution in [0.15, 0.2) is 0 Å². The van der Waals surface area contributed by atoms with E-state index in [2.05, 4.69) is 6.92 Å². The Morgan fingerprint density at radius 1 is 0.500 bits per heavy atom. The molecular weight excluding hydrogens is 450 g/mol. The molecule has 204 valence electrons. The first-order chi connectivity index (χ1) is 16.8. The van der Waals surface area contributed by atoms with Crippen LogP contribution in [0.1, 0.15) is 26.2 Å². The summed E-state index contributed by atoms with van der Waals surface area (Å²) in [7, 11) is 0. The third-order valence-corrected chi connectivity index (χ3v) is 4.08. The van der Waals surface area contributed by atoms with Crippen molar-refractivity contribution in [1.82, 2.24) is 0 Å². The molecule has 0 aliphatic heterocycles. The maximum Gasteiger partial charge on any atom is 0.308 e. The van der Waals surface area contributed by atoms with E-state index >= 15 is 0 Å². The van der Waals surface area contributed by atoms with Gasteiger partial charge in [-0.1, -0.05) is 13.3 Å². The molecule has 0 rings (SSSR count). The summed E-state index contributed by atoms with van der Waals surface area (Å²) in [6.45, 7) is 11.1. The molecule has 0 aliphatic carbocycles. The van der Waals surface area contributed by atoms with Gasteiger partial charge in [0.25, 0.3) is 0 Å². The van der Waals surface area contributed by atoms with Crippen LogP contribution in [0.3, 0.4) is 0 Å². The normalized spacial score (nSPS) is 11.2. The molecule has 0 heterocycles. The van der Waals surface area contributed by atoms with Crippen molar-refractivity contribution in [3.05, 3.63) is 0 Å². The van der Waals surface area contributed by atoms with Gasteiger partial charge in [-0.15, -0.1) is 0 Å². The summed E-state index contributed by atoms with van der Waals surface area (Å²) in [6, 6.07) is 0. The second-order valence-corrected chi connectivity index (χ2v) is 7.01. The van der Waals surface area contributed by atoms with Gasteiger partial charge < -0.3 is 48.4 Å². The molecule has 0 aromatic carbocycles. The van der Waals surface area contributed by atoms with Crippen LogP contribution in [-0.2, 0) is 47.4 Å². The highest BCUT2D eigenvalue weighted by molar-refractivity contribution is 5.69. The van der Waals surface area contributed by atoms with E-state index in [1.165, 1.54) is 0 Å². The lowest BCUT2D eigenvalue weighted by atomic mass is 10.4. The summed E-state index contributed by atoms with van der Waals surface area (Å²) >= 11 is 0. The summed E-state index contributed by atoms with van der Waals surface area (Å²) < 4.78 is 48.0. The topological polar surface area (TPSA) is 126 Å². The smallest absolute Gasteiger partial charge is 0.308 e. The Labute approximate surface area is 204 Å². The van der Waals surface area contributed by atoms with Gasteiger partial charge in [-0.2, -0.15) is 0 Å². The minimum absolute atomic E-state index is 0.219. The summed E-state index contributed by atoms with van der Waals surface area (Å²) in [4.78, 5) is 11.4. The molecule has 0 saturated carbocycles. The van der Waals surface area contributed by atoms with Crippen molar-refractivity contribution < 1.29 is 47.4 Å². The minimum atomic E-state index is -0.219. The number of ether oxygens (including phenoxy) is 9. The first kappa shape index (κ1) is 33.1. The fourth-order valence-corrected chi connectivity index (χ4v) is 2.28. The van der Waals surface area contributed by atoms with Gasteiger partial charge in [0.05, 0.1) is 119 Å². The molecule has 0 aromatic heterocycles. The molecule has 11 nitrogen and oxygen atoms in total. The Morgan fingerprint density at radius 3 is 1.15 bits per heavy atom. The average molecular weight is 498 g/mol. The van der Waals surface area contributed by atoms with E-state index in [4.69, 9.17) is 48.4 Å². The zero-order valence-corrected chi connectivity index (χ0v) is 21.0. The van der Waals surface area contributed by atoms with Crippen molar-refractivity contribution in [3.63, 3.8) is 0 Å². The number of carbonyl (C=O) groups excluding carboxylic acids is 1. The Kier molecular flexibility index (Phi) is 29.4. The van der Waals surface area contributed by atoms with Gasteiger partial charge in [-0.05, 0) is 6.42 Å². The molecule has 0 atom stereocenters. The van der Waals surface area contributed by atoms with E-state index in [0.717, 1.165) is 12.8 Å². The van der Waals surface area contributed by atoms with Crippen molar-refractivity contribution in [2.45, 2.75) is 26.2 Å². The molecule has 0 bridgehead atoms. The number of hydrogen-bond donors (Lipinski definition) is 1. The number of rotatable bonds is 29. The SMILES string of the molecule is CCCCOC(=O)CCOCCOCCOCCOCCOCCOCCOCCOCCN. The molecule has 0 aromatic rings. The largest absolute Gasteiger partial charge is 0.466 e. The van der Waals surface area contributed by atoms with Gasteiger partial charge in [0.2, 0.25) is 0 Å². The van der Waals surface area contributed by atoms with Crippen molar-refractivity contribution in [2.24, 2.45) is 5.73 Å². The lowest BCUT2D eigenvalue weighted by Crippen LogP contribution is -2.15. The van der Waals surface area contributed by atoms with Gasteiger partial charge in [0.1, 0.15) is 0 Å². The van der Waals surface area contributed by atoms with Crippen LogP contribution in [0.5, 0.6) is 0 Å². The van der Waals surface area contributed by atoms with Crippen LogP contribution < -0.4 is 5.73 Å². The Balaban J connectivity index is 3.06. The standard InChI is InChI=1S/C23H47NO10/c1-2-3-6-34-23(25)4-7-26-9-11-28-13-15-30-17-19-32-21-22-33-20-18-31-16-14-29-12-10-27-8-5-24/h2-22,24H2,1H3. The van der Waals surface area contributed by atoms with E-state index < -0.39 is 0 Å². The summed E-state index contributed by atoms with van der Waals surface area (Å²) in [5.41, 5.74) is 5.31. The highest BCUT2D eigenvalue weighted by atomic mass is 16.6. The molecule has 0 aliphatic rings. The van der Waals surface area contributed by atoms with Gasteiger partial charge in [-0.3, -0.25) is 4.79 Å². The Bertz CT molecular complexity index is 404.